The molecular weight excluding hydrogens is 244 g/mol. The van der Waals surface area contributed by atoms with E-state index in [1.807, 2.05) is 37.2 Å². The Morgan fingerprint density at radius 2 is 2.11 bits per heavy atom. The predicted octanol–water partition coefficient (Wildman–Crippen LogP) is 2.66. The molecule has 0 bridgehead atoms. The molecule has 5 heteroatoms. The first-order valence-corrected chi connectivity index (χ1v) is 6.48. The molecule has 2 aromatic rings. The average molecular weight is 258 g/mol. The van der Waals surface area contributed by atoms with Crippen LogP contribution in [-0.4, -0.2) is 17.0 Å². The molecule has 0 saturated carbocycles. The van der Waals surface area contributed by atoms with Crippen molar-refractivity contribution in [3.63, 3.8) is 0 Å². The number of hydrogen-bond acceptors (Lipinski definition) is 5. The van der Waals surface area contributed by atoms with Gasteiger partial charge in [0, 0.05) is 18.1 Å². The van der Waals surface area contributed by atoms with E-state index in [1.54, 1.807) is 17.4 Å². The second-order valence-electron chi connectivity index (χ2n) is 4.15. The molecule has 18 heavy (non-hydrogen) atoms. The first-order valence-electron chi connectivity index (χ1n) is 5.60. The van der Waals surface area contributed by atoms with Crippen LogP contribution in [0, 0.1) is 25.2 Å². The summed E-state index contributed by atoms with van der Waals surface area (Å²) < 4.78 is 0. The minimum absolute atomic E-state index is 0.593. The fraction of sp³-hybridized carbons (Fsp3) is 0.308. The van der Waals surface area contributed by atoms with Crippen LogP contribution in [-0.2, 0) is 6.54 Å². The molecule has 4 nitrogen and oxygen atoms in total. The molecule has 0 radical (unpaired) electrons. The summed E-state index contributed by atoms with van der Waals surface area (Å²) in [6.07, 6.45) is 0. The standard InChI is InChI=1S/C13H14N4S/c1-9-4-5-11(6-14)13(15-9)17(3)7-12-8-18-10(2)16-12/h4-5,8H,7H2,1-3H3. The van der Waals surface area contributed by atoms with Crippen molar-refractivity contribution in [3.8, 4) is 6.07 Å². The largest absolute Gasteiger partial charge is 0.353 e. The molecule has 92 valence electrons. The van der Waals surface area contributed by atoms with Crippen molar-refractivity contribution < 1.29 is 0 Å². The summed E-state index contributed by atoms with van der Waals surface area (Å²) in [6.45, 7) is 4.57. The number of aromatic nitrogens is 2. The first kappa shape index (κ1) is 12.5. The molecular formula is C13H14N4S. The Hall–Kier alpha value is -1.93. The van der Waals surface area contributed by atoms with E-state index in [0.717, 1.165) is 16.4 Å². The van der Waals surface area contributed by atoms with Crippen molar-refractivity contribution in [2.75, 3.05) is 11.9 Å². The summed E-state index contributed by atoms with van der Waals surface area (Å²) in [5.41, 5.74) is 2.51. The zero-order valence-electron chi connectivity index (χ0n) is 10.6. The van der Waals surface area contributed by atoms with E-state index >= 15 is 0 Å². The lowest BCUT2D eigenvalue weighted by atomic mass is 10.2. The Balaban J connectivity index is 2.26. The van der Waals surface area contributed by atoms with Crippen LogP contribution in [0.1, 0.15) is 22.0 Å². The smallest absolute Gasteiger partial charge is 0.146 e. The van der Waals surface area contributed by atoms with Gasteiger partial charge in [-0.1, -0.05) is 0 Å². The molecule has 0 aliphatic carbocycles. The summed E-state index contributed by atoms with van der Waals surface area (Å²) in [7, 11) is 1.93. The maximum atomic E-state index is 9.10. The van der Waals surface area contributed by atoms with Gasteiger partial charge in [-0.3, -0.25) is 0 Å². The van der Waals surface area contributed by atoms with Gasteiger partial charge in [0.25, 0.3) is 0 Å². The highest BCUT2D eigenvalue weighted by atomic mass is 32.1. The van der Waals surface area contributed by atoms with Gasteiger partial charge in [-0.2, -0.15) is 5.26 Å². The Labute approximate surface area is 111 Å². The van der Waals surface area contributed by atoms with Crippen LogP contribution in [0.2, 0.25) is 0 Å². The van der Waals surface area contributed by atoms with Crippen molar-refractivity contribution >= 4 is 17.2 Å². The van der Waals surface area contributed by atoms with Gasteiger partial charge in [0.1, 0.15) is 11.9 Å². The molecule has 0 N–H and O–H groups in total. The topological polar surface area (TPSA) is 52.8 Å². The van der Waals surface area contributed by atoms with E-state index < -0.39 is 0 Å². The van der Waals surface area contributed by atoms with E-state index in [4.69, 9.17) is 5.26 Å². The summed E-state index contributed by atoms with van der Waals surface area (Å²) >= 11 is 1.63. The van der Waals surface area contributed by atoms with E-state index in [1.165, 1.54) is 0 Å². The van der Waals surface area contributed by atoms with E-state index in [-0.39, 0.29) is 0 Å². The lowest BCUT2D eigenvalue weighted by molar-refractivity contribution is 0.864. The maximum Gasteiger partial charge on any atom is 0.146 e. The summed E-state index contributed by atoms with van der Waals surface area (Å²) in [6, 6.07) is 5.83. The van der Waals surface area contributed by atoms with Crippen LogP contribution >= 0.6 is 11.3 Å². The van der Waals surface area contributed by atoms with Gasteiger partial charge in [-0.15, -0.1) is 11.3 Å². The molecule has 0 fully saturated rings. The molecule has 0 spiro atoms. The monoisotopic (exact) mass is 258 g/mol. The normalized spacial score (nSPS) is 10.1. The third kappa shape index (κ3) is 2.66. The minimum Gasteiger partial charge on any atom is -0.353 e. The van der Waals surface area contributed by atoms with Gasteiger partial charge in [-0.05, 0) is 26.0 Å². The molecule has 0 amide bonds. The van der Waals surface area contributed by atoms with Crippen molar-refractivity contribution in [2.24, 2.45) is 0 Å². The third-order valence-corrected chi connectivity index (χ3v) is 3.38. The Morgan fingerprint density at radius 1 is 1.33 bits per heavy atom. The Bertz CT molecular complexity index is 597. The summed E-state index contributed by atoms with van der Waals surface area (Å²) in [4.78, 5) is 10.8. The van der Waals surface area contributed by atoms with Gasteiger partial charge < -0.3 is 4.90 Å². The molecule has 0 aliphatic heterocycles. The van der Waals surface area contributed by atoms with Crippen LogP contribution in [0.4, 0.5) is 5.82 Å². The zero-order chi connectivity index (χ0) is 13.1. The maximum absolute atomic E-state index is 9.10. The lowest BCUT2D eigenvalue weighted by Gasteiger charge is -2.18. The molecule has 0 aliphatic rings. The van der Waals surface area contributed by atoms with E-state index in [2.05, 4.69) is 16.0 Å². The highest BCUT2D eigenvalue weighted by molar-refractivity contribution is 7.09. The first-order chi connectivity index (χ1) is 8.60. The summed E-state index contributed by atoms with van der Waals surface area (Å²) in [5.74, 6) is 0.711. The number of aryl methyl sites for hydroxylation is 2. The van der Waals surface area contributed by atoms with Crippen molar-refractivity contribution in [2.45, 2.75) is 20.4 Å². The molecule has 0 aromatic carbocycles. The molecule has 0 saturated heterocycles. The number of nitrogens with zero attached hydrogens (tertiary/aromatic N) is 4. The molecule has 2 aromatic heterocycles. The van der Waals surface area contributed by atoms with Crippen LogP contribution in [0.25, 0.3) is 0 Å². The number of pyridine rings is 1. The fourth-order valence-corrected chi connectivity index (χ4v) is 2.32. The van der Waals surface area contributed by atoms with Gasteiger partial charge in [-0.25, -0.2) is 9.97 Å². The number of hydrogen-bond donors (Lipinski definition) is 0. The number of rotatable bonds is 3. The van der Waals surface area contributed by atoms with Crippen LogP contribution in [0.5, 0.6) is 0 Å². The fourth-order valence-electron chi connectivity index (χ4n) is 1.72. The average Bonchev–Trinajstić information content (AvgIpc) is 2.74. The predicted molar refractivity (Wildman–Crippen MR) is 72.6 cm³/mol. The molecule has 2 heterocycles. The summed E-state index contributed by atoms with van der Waals surface area (Å²) in [5, 5.41) is 12.2. The van der Waals surface area contributed by atoms with Crippen molar-refractivity contribution in [3.05, 3.63) is 39.5 Å². The van der Waals surface area contributed by atoms with Gasteiger partial charge in [0.05, 0.1) is 22.8 Å². The lowest BCUT2D eigenvalue weighted by Crippen LogP contribution is -2.19. The van der Waals surface area contributed by atoms with Crippen LogP contribution in [0.15, 0.2) is 17.5 Å². The highest BCUT2D eigenvalue weighted by Gasteiger charge is 2.11. The van der Waals surface area contributed by atoms with Crippen molar-refractivity contribution in [1.82, 2.24) is 9.97 Å². The van der Waals surface area contributed by atoms with E-state index in [9.17, 15) is 0 Å². The molecule has 0 unspecified atom stereocenters. The van der Waals surface area contributed by atoms with Crippen LogP contribution in [0.3, 0.4) is 0 Å². The minimum atomic E-state index is 0.593. The van der Waals surface area contributed by atoms with Gasteiger partial charge in [0.2, 0.25) is 0 Å². The highest BCUT2D eigenvalue weighted by Crippen LogP contribution is 2.19. The zero-order valence-corrected chi connectivity index (χ0v) is 11.5. The SMILES string of the molecule is Cc1ccc(C#N)c(N(C)Cc2csc(C)n2)n1. The second-order valence-corrected chi connectivity index (χ2v) is 5.21. The van der Waals surface area contributed by atoms with Crippen molar-refractivity contribution in [1.29, 1.82) is 5.26 Å². The number of thiazole rings is 1. The number of nitriles is 1. The Kier molecular flexibility index (Phi) is 3.58. The van der Waals surface area contributed by atoms with Gasteiger partial charge >= 0.3 is 0 Å². The third-order valence-electron chi connectivity index (χ3n) is 2.56. The van der Waals surface area contributed by atoms with Crippen LogP contribution < -0.4 is 4.90 Å². The molecule has 0 atom stereocenters. The molecule has 2 rings (SSSR count). The second kappa shape index (κ2) is 5.15. The van der Waals surface area contributed by atoms with E-state index in [0.29, 0.717) is 17.9 Å². The number of anilines is 1. The Morgan fingerprint density at radius 3 is 2.72 bits per heavy atom. The quantitative estimate of drug-likeness (QED) is 0.849. The van der Waals surface area contributed by atoms with Gasteiger partial charge in [0.15, 0.2) is 0 Å².